The summed E-state index contributed by atoms with van der Waals surface area (Å²) in [4.78, 5) is 11.6. The van der Waals surface area contributed by atoms with E-state index in [0.29, 0.717) is 13.2 Å². The largest absolute Gasteiger partial charge is 0.492 e. The Bertz CT molecular complexity index is 538. The number of ether oxygens (including phenoxy) is 1. The molecule has 0 radical (unpaired) electrons. The molecule has 0 atom stereocenters. The van der Waals surface area contributed by atoms with Crippen molar-refractivity contribution < 1.29 is 9.53 Å². The molecule has 4 nitrogen and oxygen atoms in total. The Hall–Kier alpha value is -2.49. The summed E-state index contributed by atoms with van der Waals surface area (Å²) in [5.41, 5.74) is 1.93. The smallest absolute Gasteiger partial charge is 0.319 e. The average Bonchev–Trinajstić information content (AvgIpc) is 2.47. The highest BCUT2D eigenvalue weighted by atomic mass is 16.5. The van der Waals surface area contributed by atoms with Crippen LogP contribution in [-0.4, -0.2) is 19.2 Å². The van der Waals surface area contributed by atoms with E-state index in [1.54, 1.807) is 0 Å². The summed E-state index contributed by atoms with van der Waals surface area (Å²) in [7, 11) is 0. The van der Waals surface area contributed by atoms with E-state index < -0.39 is 0 Å². The van der Waals surface area contributed by atoms with Crippen LogP contribution in [0.25, 0.3) is 0 Å². The summed E-state index contributed by atoms with van der Waals surface area (Å²) in [6, 6.07) is 16.9. The molecule has 0 aliphatic heterocycles. The number of hydrogen-bond acceptors (Lipinski definition) is 2. The van der Waals surface area contributed by atoms with Crippen LogP contribution in [0.2, 0.25) is 0 Å². The van der Waals surface area contributed by atoms with Gasteiger partial charge in [0.25, 0.3) is 0 Å². The number of carbonyl (C=O) groups is 1. The van der Waals surface area contributed by atoms with Crippen LogP contribution < -0.4 is 15.4 Å². The van der Waals surface area contributed by atoms with Gasteiger partial charge in [-0.3, -0.25) is 0 Å². The van der Waals surface area contributed by atoms with Gasteiger partial charge in [0.1, 0.15) is 12.4 Å². The van der Waals surface area contributed by atoms with Crippen LogP contribution >= 0.6 is 0 Å². The lowest BCUT2D eigenvalue weighted by molar-refractivity contribution is 0.247. The zero-order valence-corrected chi connectivity index (χ0v) is 11.4. The standard InChI is InChI=1S/C16H18N2O2/c1-13-7-9-14(10-8-13)18-16(19)17-11-12-20-15-5-3-2-4-6-15/h2-10H,11-12H2,1H3,(H2,17,18,19). The third-order valence-electron chi connectivity index (χ3n) is 2.71. The maximum absolute atomic E-state index is 11.6. The SMILES string of the molecule is Cc1ccc(NC(=O)NCCOc2ccccc2)cc1. The van der Waals surface area contributed by atoms with Crippen molar-refractivity contribution in [1.29, 1.82) is 0 Å². The van der Waals surface area contributed by atoms with Crippen molar-refractivity contribution in [1.82, 2.24) is 5.32 Å². The van der Waals surface area contributed by atoms with Gasteiger partial charge in [-0.05, 0) is 31.2 Å². The second-order valence-corrected chi connectivity index (χ2v) is 4.41. The van der Waals surface area contributed by atoms with Gasteiger partial charge in [-0.2, -0.15) is 0 Å². The van der Waals surface area contributed by atoms with Crippen molar-refractivity contribution >= 4 is 11.7 Å². The molecule has 0 unspecified atom stereocenters. The van der Waals surface area contributed by atoms with E-state index in [-0.39, 0.29) is 6.03 Å². The molecule has 0 spiro atoms. The molecule has 0 aromatic heterocycles. The average molecular weight is 270 g/mol. The van der Waals surface area contributed by atoms with Gasteiger partial charge < -0.3 is 15.4 Å². The molecule has 4 heteroatoms. The number of aryl methyl sites for hydroxylation is 1. The molecular weight excluding hydrogens is 252 g/mol. The molecule has 2 rings (SSSR count). The number of rotatable bonds is 5. The highest BCUT2D eigenvalue weighted by Gasteiger charge is 2.00. The molecule has 2 amide bonds. The van der Waals surface area contributed by atoms with Crippen LogP contribution in [0.4, 0.5) is 10.5 Å². The van der Waals surface area contributed by atoms with Crippen molar-refractivity contribution in [2.75, 3.05) is 18.5 Å². The van der Waals surface area contributed by atoms with Crippen LogP contribution in [0.5, 0.6) is 5.75 Å². The fourth-order valence-corrected chi connectivity index (χ4v) is 1.66. The minimum atomic E-state index is -0.231. The van der Waals surface area contributed by atoms with E-state index in [0.717, 1.165) is 17.0 Å². The predicted molar refractivity (Wildman–Crippen MR) is 80.1 cm³/mol. The third-order valence-corrected chi connectivity index (χ3v) is 2.71. The van der Waals surface area contributed by atoms with E-state index in [4.69, 9.17) is 4.74 Å². The molecule has 0 fully saturated rings. The molecule has 0 saturated heterocycles. The topological polar surface area (TPSA) is 50.4 Å². The van der Waals surface area contributed by atoms with Gasteiger partial charge in [0.2, 0.25) is 0 Å². The molecule has 0 bridgehead atoms. The van der Waals surface area contributed by atoms with Gasteiger partial charge in [-0.1, -0.05) is 35.9 Å². The number of urea groups is 1. The first kappa shape index (κ1) is 13.9. The Kier molecular flexibility index (Phi) is 5.00. The van der Waals surface area contributed by atoms with Gasteiger partial charge in [-0.15, -0.1) is 0 Å². The summed E-state index contributed by atoms with van der Waals surface area (Å²) >= 11 is 0. The van der Waals surface area contributed by atoms with Gasteiger partial charge in [0.15, 0.2) is 0 Å². The van der Waals surface area contributed by atoms with Crippen molar-refractivity contribution in [2.24, 2.45) is 0 Å². The first-order chi connectivity index (χ1) is 9.74. The van der Waals surface area contributed by atoms with Crippen LogP contribution in [0.1, 0.15) is 5.56 Å². The number of carbonyl (C=O) groups excluding carboxylic acids is 1. The van der Waals surface area contributed by atoms with Gasteiger partial charge in [0.05, 0.1) is 6.54 Å². The van der Waals surface area contributed by atoms with Crippen molar-refractivity contribution in [2.45, 2.75) is 6.92 Å². The number of nitrogens with one attached hydrogen (secondary N) is 2. The minimum Gasteiger partial charge on any atom is -0.492 e. The van der Waals surface area contributed by atoms with Crippen LogP contribution in [0, 0.1) is 6.92 Å². The number of benzene rings is 2. The van der Waals surface area contributed by atoms with E-state index in [1.807, 2.05) is 61.5 Å². The van der Waals surface area contributed by atoms with Crippen LogP contribution in [-0.2, 0) is 0 Å². The normalized spacial score (nSPS) is 9.85. The Morgan fingerprint density at radius 2 is 1.75 bits per heavy atom. The van der Waals surface area contributed by atoms with E-state index in [9.17, 15) is 4.79 Å². The van der Waals surface area contributed by atoms with E-state index in [1.165, 1.54) is 0 Å². The predicted octanol–water partition coefficient (Wildman–Crippen LogP) is 3.20. The molecule has 20 heavy (non-hydrogen) atoms. The van der Waals surface area contributed by atoms with E-state index >= 15 is 0 Å². The van der Waals surface area contributed by atoms with Crippen LogP contribution in [0.3, 0.4) is 0 Å². The number of para-hydroxylation sites is 1. The fraction of sp³-hybridized carbons (Fsp3) is 0.188. The third kappa shape index (κ3) is 4.65. The van der Waals surface area contributed by atoms with Crippen LogP contribution in [0.15, 0.2) is 54.6 Å². The summed E-state index contributed by atoms with van der Waals surface area (Å²) in [5.74, 6) is 0.799. The lowest BCUT2D eigenvalue weighted by Crippen LogP contribution is -2.32. The number of amides is 2. The Balaban J connectivity index is 1.66. The Morgan fingerprint density at radius 1 is 1.05 bits per heavy atom. The lowest BCUT2D eigenvalue weighted by atomic mass is 10.2. The second-order valence-electron chi connectivity index (χ2n) is 4.41. The zero-order valence-electron chi connectivity index (χ0n) is 11.4. The van der Waals surface area contributed by atoms with Crippen molar-refractivity contribution in [3.63, 3.8) is 0 Å². The molecular formula is C16H18N2O2. The number of anilines is 1. The Morgan fingerprint density at radius 3 is 2.45 bits per heavy atom. The van der Waals surface area contributed by atoms with Gasteiger partial charge in [0, 0.05) is 5.69 Å². The minimum absolute atomic E-state index is 0.231. The maximum Gasteiger partial charge on any atom is 0.319 e. The maximum atomic E-state index is 11.6. The molecule has 2 N–H and O–H groups in total. The molecule has 2 aromatic rings. The highest BCUT2D eigenvalue weighted by molar-refractivity contribution is 5.89. The molecule has 0 aliphatic carbocycles. The Labute approximate surface area is 118 Å². The van der Waals surface area contributed by atoms with E-state index in [2.05, 4.69) is 10.6 Å². The van der Waals surface area contributed by atoms with Gasteiger partial charge >= 0.3 is 6.03 Å². The molecule has 0 saturated carbocycles. The van der Waals surface area contributed by atoms with Crippen molar-refractivity contribution in [3.8, 4) is 5.75 Å². The highest BCUT2D eigenvalue weighted by Crippen LogP contribution is 2.08. The second kappa shape index (κ2) is 7.19. The summed E-state index contributed by atoms with van der Waals surface area (Å²) < 4.78 is 5.48. The summed E-state index contributed by atoms with van der Waals surface area (Å²) in [6.45, 7) is 2.89. The first-order valence-electron chi connectivity index (χ1n) is 6.53. The first-order valence-corrected chi connectivity index (χ1v) is 6.53. The molecule has 104 valence electrons. The van der Waals surface area contributed by atoms with Gasteiger partial charge in [-0.25, -0.2) is 4.79 Å². The molecule has 0 heterocycles. The monoisotopic (exact) mass is 270 g/mol. The lowest BCUT2D eigenvalue weighted by Gasteiger charge is -2.09. The molecule has 0 aliphatic rings. The summed E-state index contributed by atoms with van der Waals surface area (Å²) in [6.07, 6.45) is 0. The quantitative estimate of drug-likeness (QED) is 0.820. The van der Waals surface area contributed by atoms with Crippen molar-refractivity contribution in [3.05, 3.63) is 60.2 Å². The summed E-state index contributed by atoms with van der Waals surface area (Å²) in [5, 5.41) is 5.50. The zero-order chi connectivity index (χ0) is 14.2. The molecule has 2 aromatic carbocycles. The number of hydrogen-bond donors (Lipinski definition) is 2. The fourth-order valence-electron chi connectivity index (χ4n) is 1.66.